The molecule has 2 N–H and O–H groups in total. The maximum Gasteiger partial charge on any atom is 0.163 e. The van der Waals surface area contributed by atoms with Crippen molar-refractivity contribution in [1.29, 1.82) is 0 Å². The average molecular weight is 503 g/mol. The van der Waals surface area contributed by atoms with Gasteiger partial charge in [0.25, 0.3) is 0 Å². The molecule has 1 saturated heterocycles. The Balaban J connectivity index is 1.38. The van der Waals surface area contributed by atoms with E-state index in [9.17, 15) is 0 Å². The zero-order valence-electron chi connectivity index (χ0n) is 17.7. The van der Waals surface area contributed by atoms with Crippen LogP contribution in [0.4, 0.5) is 11.5 Å². The molecule has 2 aromatic carbocycles. The lowest BCUT2D eigenvalue weighted by Gasteiger charge is -2.43. The number of piperazine rings is 1. The van der Waals surface area contributed by atoms with Crippen LogP contribution in [0.2, 0.25) is 15.1 Å². The number of hydrogen-bond acceptors (Lipinski definition) is 6. The summed E-state index contributed by atoms with van der Waals surface area (Å²) >= 11 is 18.9. The van der Waals surface area contributed by atoms with Gasteiger partial charge >= 0.3 is 0 Å². The zero-order chi connectivity index (χ0) is 22.9. The van der Waals surface area contributed by atoms with E-state index in [1.807, 2.05) is 28.9 Å². The lowest BCUT2D eigenvalue weighted by Crippen LogP contribution is -2.49. The van der Waals surface area contributed by atoms with Crippen molar-refractivity contribution in [1.82, 2.24) is 24.6 Å². The van der Waals surface area contributed by atoms with E-state index >= 15 is 0 Å². The van der Waals surface area contributed by atoms with Gasteiger partial charge in [0, 0.05) is 36.2 Å². The van der Waals surface area contributed by atoms with Crippen LogP contribution < -0.4 is 10.6 Å². The number of nitrogen functional groups attached to an aromatic ring is 1. The van der Waals surface area contributed by atoms with Crippen molar-refractivity contribution >= 4 is 57.3 Å². The molecule has 10 heteroatoms. The summed E-state index contributed by atoms with van der Waals surface area (Å²) in [6, 6.07) is 13.8. The van der Waals surface area contributed by atoms with Gasteiger partial charge in [-0.1, -0.05) is 46.9 Å². The highest BCUT2D eigenvalue weighted by atomic mass is 35.5. The normalized spacial score (nSPS) is 17.1. The Morgan fingerprint density at radius 3 is 2.52 bits per heavy atom. The molecule has 4 aromatic rings. The highest BCUT2D eigenvalue weighted by Crippen LogP contribution is 2.36. The van der Waals surface area contributed by atoms with E-state index in [4.69, 9.17) is 40.5 Å². The molecule has 0 amide bonds. The summed E-state index contributed by atoms with van der Waals surface area (Å²) in [5, 5.41) is 7.23. The van der Waals surface area contributed by atoms with Crippen LogP contribution in [0.15, 0.2) is 55.0 Å². The first-order valence-corrected chi connectivity index (χ1v) is 11.7. The molecule has 3 heterocycles. The molecule has 1 aliphatic rings. The molecular weight excluding hydrogens is 481 g/mol. The van der Waals surface area contributed by atoms with Gasteiger partial charge in [0.05, 0.1) is 34.9 Å². The van der Waals surface area contributed by atoms with Gasteiger partial charge in [0.15, 0.2) is 5.65 Å². The molecule has 0 radical (unpaired) electrons. The van der Waals surface area contributed by atoms with Crippen LogP contribution in [-0.4, -0.2) is 50.8 Å². The standard InChI is InChI=1S/C23H22Cl3N7/c24-16-3-1-15(2-4-16)21-13-31(7-9-32(21)20-6-5-17(25)11-19(20)26)8-10-33-23-18(12-30-33)22(27)28-14-29-23/h1-6,11-12,14,21H,7-10,13H2,(H2,27,28,29). The lowest BCUT2D eigenvalue weighted by molar-refractivity contribution is 0.214. The van der Waals surface area contributed by atoms with Crippen molar-refractivity contribution in [2.75, 3.05) is 36.8 Å². The first-order chi connectivity index (χ1) is 16.0. The number of aromatic nitrogens is 4. The molecule has 2 aromatic heterocycles. The van der Waals surface area contributed by atoms with E-state index in [1.54, 1.807) is 12.3 Å². The molecule has 5 rings (SSSR count). The predicted octanol–water partition coefficient (Wildman–Crippen LogP) is 4.93. The molecule has 170 valence electrons. The highest BCUT2D eigenvalue weighted by molar-refractivity contribution is 6.36. The van der Waals surface area contributed by atoms with Gasteiger partial charge < -0.3 is 10.6 Å². The van der Waals surface area contributed by atoms with Gasteiger partial charge in [0.1, 0.15) is 12.1 Å². The molecule has 1 fully saturated rings. The Bertz CT molecular complexity index is 1280. The number of hydrogen-bond donors (Lipinski definition) is 1. The fourth-order valence-electron chi connectivity index (χ4n) is 4.33. The fraction of sp³-hybridized carbons (Fsp3) is 0.261. The van der Waals surface area contributed by atoms with E-state index in [1.165, 1.54) is 11.9 Å². The molecule has 1 atom stereocenters. The molecule has 0 saturated carbocycles. The minimum absolute atomic E-state index is 0.113. The Hall–Kier alpha value is -2.58. The van der Waals surface area contributed by atoms with E-state index < -0.39 is 0 Å². The second kappa shape index (κ2) is 9.35. The molecule has 0 aliphatic carbocycles. The minimum atomic E-state index is 0.113. The monoisotopic (exact) mass is 501 g/mol. The first-order valence-electron chi connectivity index (χ1n) is 10.6. The van der Waals surface area contributed by atoms with E-state index in [0.717, 1.165) is 42.9 Å². The summed E-state index contributed by atoms with van der Waals surface area (Å²) in [4.78, 5) is 13.2. The summed E-state index contributed by atoms with van der Waals surface area (Å²) in [6.45, 7) is 4.07. The number of benzene rings is 2. The number of fused-ring (bicyclic) bond motifs is 1. The SMILES string of the molecule is Nc1ncnc2c1cnn2CCN1CCN(c2ccc(Cl)cc2Cl)C(c2ccc(Cl)cc2)C1. The minimum Gasteiger partial charge on any atom is -0.383 e. The van der Waals surface area contributed by atoms with Crippen LogP contribution in [0.3, 0.4) is 0 Å². The maximum absolute atomic E-state index is 6.58. The Morgan fingerprint density at radius 1 is 0.939 bits per heavy atom. The smallest absolute Gasteiger partial charge is 0.163 e. The predicted molar refractivity (Wildman–Crippen MR) is 134 cm³/mol. The van der Waals surface area contributed by atoms with Gasteiger partial charge in [-0.25, -0.2) is 14.6 Å². The van der Waals surface area contributed by atoms with Crippen LogP contribution in [0.25, 0.3) is 11.0 Å². The van der Waals surface area contributed by atoms with Crippen LogP contribution in [0.5, 0.6) is 0 Å². The van der Waals surface area contributed by atoms with Crippen molar-refractivity contribution in [3.05, 3.63) is 75.6 Å². The molecule has 1 aliphatic heterocycles. The largest absolute Gasteiger partial charge is 0.383 e. The lowest BCUT2D eigenvalue weighted by atomic mass is 10.0. The Morgan fingerprint density at radius 2 is 1.73 bits per heavy atom. The second-order valence-corrected chi connectivity index (χ2v) is 9.30. The van der Waals surface area contributed by atoms with Gasteiger partial charge in [-0.05, 0) is 35.9 Å². The van der Waals surface area contributed by atoms with Crippen LogP contribution in [0.1, 0.15) is 11.6 Å². The van der Waals surface area contributed by atoms with E-state index in [-0.39, 0.29) is 6.04 Å². The number of anilines is 2. The first kappa shape index (κ1) is 22.2. The summed E-state index contributed by atoms with van der Waals surface area (Å²) in [5.41, 5.74) is 8.86. The highest BCUT2D eigenvalue weighted by Gasteiger charge is 2.29. The van der Waals surface area contributed by atoms with Crippen LogP contribution in [0, 0.1) is 0 Å². The second-order valence-electron chi connectivity index (χ2n) is 8.02. The molecule has 0 bridgehead atoms. The molecule has 7 nitrogen and oxygen atoms in total. The van der Waals surface area contributed by atoms with Crippen molar-refractivity contribution in [2.45, 2.75) is 12.6 Å². The summed E-state index contributed by atoms with van der Waals surface area (Å²) in [6.07, 6.45) is 3.20. The molecular formula is C23H22Cl3N7. The average Bonchev–Trinajstić information content (AvgIpc) is 3.23. The van der Waals surface area contributed by atoms with Gasteiger partial charge in [0.2, 0.25) is 0 Å². The van der Waals surface area contributed by atoms with Gasteiger partial charge in [-0.3, -0.25) is 4.90 Å². The topological polar surface area (TPSA) is 76.1 Å². The van der Waals surface area contributed by atoms with E-state index in [0.29, 0.717) is 27.4 Å². The summed E-state index contributed by atoms with van der Waals surface area (Å²) in [7, 11) is 0. The number of halogens is 3. The number of rotatable bonds is 5. The van der Waals surface area contributed by atoms with Crippen molar-refractivity contribution < 1.29 is 0 Å². The zero-order valence-corrected chi connectivity index (χ0v) is 20.0. The van der Waals surface area contributed by atoms with Gasteiger partial charge in [-0.2, -0.15) is 5.10 Å². The third kappa shape index (κ3) is 4.59. The maximum atomic E-state index is 6.58. The Kier molecular flexibility index (Phi) is 6.29. The third-order valence-electron chi connectivity index (χ3n) is 6.03. The van der Waals surface area contributed by atoms with Crippen molar-refractivity contribution in [3.8, 4) is 0 Å². The summed E-state index contributed by atoms with van der Waals surface area (Å²) in [5.74, 6) is 0.447. The summed E-state index contributed by atoms with van der Waals surface area (Å²) < 4.78 is 1.88. The number of nitrogens with zero attached hydrogens (tertiary/aromatic N) is 6. The molecule has 1 unspecified atom stereocenters. The van der Waals surface area contributed by atoms with Crippen molar-refractivity contribution in [3.63, 3.8) is 0 Å². The number of nitrogens with two attached hydrogens (primary N) is 1. The van der Waals surface area contributed by atoms with Crippen LogP contribution in [-0.2, 0) is 6.54 Å². The molecule has 0 spiro atoms. The third-order valence-corrected chi connectivity index (χ3v) is 6.82. The van der Waals surface area contributed by atoms with Crippen LogP contribution >= 0.6 is 34.8 Å². The van der Waals surface area contributed by atoms with E-state index in [2.05, 4.69) is 37.0 Å². The molecule has 33 heavy (non-hydrogen) atoms. The van der Waals surface area contributed by atoms with Gasteiger partial charge in [-0.15, -0.1) is 0 Å². The fourth-order valence-corrected chi connectivity index (χ4v) is 4.97. The quantitative estimate of drug-likeness (QED) is 0.417. The Labute approximate surface area is 206 Å². The van der Waals surface area contributed by atoms with Crippen molar-refractivity contribution in [2.24, 2.45) is 0 Å².